The number of rotatable bonds is 4. The molecule has 0 bridgehead atoms. The van der Waals surface area contributed by atoms with Gasteiger partial charge < -0.3 is 10.4 Å². The number of hydrazone groups is 1. The summed E-state index contributed by atoms with van der Waals surface area (Å²) in [4.78, 5) is 22.2. The van der Waals surface area contributed by atoms with Crippen molar-refractivity contribution in [2.75, 3.05) is 6.54 Å². The highest BCUT2D eigenvalue weighted by molar-refractivity contribution is 6.39. The molecule has 6 heteroatoms. The van der Waals surface area contributed by atoms with Crippen molar-refractivity contribution >= 4 is 17.5 Å². The zero-order chi connectivity index (χ0) is 11.3. The van der Waals surface area contributed by atoms with Crippen LogP contribution >= 0.6 is 0 Å². The standard InChI is InChI=1S/C9H15N3O3/c1-2-6(13)5-10-9(15)7-3-4-8(14)12-11-7/h6,13H,2-5H2,1H3,(H,10,15)(H,12,14). The van der Waals surface area contributed by atoms with Gasteiger partial charge in [-0.25, -0.2) is 5.43 Å². The first kappa shape index (κ1) is 11.6. The number of carbonyl (C=O) groups excluding carboxylic acids is 2. The molecule has 0 fully saturated rings. The molecule has 0 aromatic rings. The molecule has 0 spiro atoms. The highest BCUT2D eigenvalue weighted by Gasteiger charge is 2.18. The molecule has 1 atom stereocenters. The Hall–Kier alpha value is -1.43. The summed E-state index contributed by atoms with van der Waals surface area (Å²) in [6.07, 6.45) is 0.680. The molecule has 1 unspecified atom stereocenters. The zero-order valence-corrected chi connectivity index (χ0v) is 8.62. The Morgan fingerprint density at radius 2 is 2.40 bits per heavy atom. The van der Waals surface area contributed by atoms with E-state index in [1.807, 2.05) is 6.92 Å². The lowest BCUT2D eigenvalue weighted by atomic mass is 10.1. The predicted molar refractivity (Wildman–Crippen MR) is 54.1 cm³/mol. The minimum Gasteiger partial charge on any atom is -0.391 e. The molecule has 0 aromatic heterocycles. The molecule has 1 aliphatic heterocycles. The Kier molecular flexibility index (Phi) is 4.23. The Labute approximate surface area is 87.7 Å². The number of aliphatic hydroxyl groups is 1. The maximum Gasteiger partial charge on any atom is 0.267 e. The van der Waals surface area contributed by atoms with E-state index in [-0.39, 0.29) is 24.8 Å². The molecule has 15 heavy (non-hydrogen) atoms. The predicted octanol–water partition coefficient (Wildman–Crippen LogP) is -0.860. The van der Waals surface area contributed by atoms with E-state index in [0.717, 1.165) is 0 Å². The van der Waals surface area contributed by atoms with Crippen molar-refractivity contribution in [2.45, 2.75) is 32.3 Å². The molecule has 0 aliphatic carbocycles. The number of aliphatic hydroxyl groups excluding tert-OH is 1. The van der Waals surface area contributed by atoms with E-state index in [2.05, 4.69) is 15.8 Å². The third-order valence-corrected chi connectivity index (χ3v) is 2.14. The minimum absolute atomic E-state index is 0.180. The van der Waals surface area contributed by atoms with Gasteiger partial charge >= 0.3 is 0 Å². The first-order valence-corrected chi connectivity index (χ1v) is 4.95. The summed E-state index contributed by atoms with van der Waals surface area (Å²) in [5, 5.41) is 15.4. The summed E-state index contributed by atoms with van der Waals surface area (Å²) in [5.41, 5.74) is 2.54. The van der Waals surface area contributed by atoms with Crippen molar-refractivity contribution in [2.24, 2.45) is 5.10 Å². The Bertz CT molecular complexity index is 288. The number of hydrogen-bond donors (Lipinski definition) is 3. The number of amides is 2. The normalized spacial score (nSPS) is 17.7. The van der Waals surface area contributed by atoms with E-state index in [9.17, 15) is 14.7 Å². The van der Waals surface area contributed by atoms with Gasteiger partial charge in [-0.2, -0.15) is 5.10 Å². The van der Waals surface area contributed by atoms with Gasteiger partial charge in [-0.05, 0) is 6.42 Å². The van der Waals surface area contributed by atoms with Crippen LogP contribution in [0.15, 0.2) is 5.10 Å². The average Bonchev–Trinajstić information content (AvgIpc) is 2.26. The van der Waals surface area contributed by atoms with Crippen molar-refractivity contribution in [3.05, 3.63) is 0 Å². The zero-order valence-electron chi connectivity index (χ0n) is 8.62. The number of nitrogens with one attached hydrogen (secondary N) is 2. The molecule has 84 valence electrons. The summed E-state index contributed by atoms with van der Waals surface area (Å²) in [6.45, 7) is 2.04. The lowest BCUT2D eigenvalue weighted by molar-refractivity contribution is -0.121. The van der Waals surface area contributed by atoms with E-state index in [4.69, 9.17) is 0 Å². The van der Waals surface area contributed by atoms with Gasteiger partial charge in [0.25, 0.3) is 5.91 Å². The van der Waals surface area contributed by atoms with Gasteiger partial charge in [0.1, 0.15) is 5.71 Å². The first-order valence-electron chi connectivity index (χ1n) is 4.95. The molecule has 6 nitrogen and oxygen atoms in total. The summed E-state index contributed by atoms with van der Waals surface area (Å²) in [5.74, 6) is -0.511. The molecular formula is C9H15N3O3. The lowest BCUT2D eigenvalue weighted by Crippen LogP contribution is -2.39. The van der Waals surface area contributed by atoms with E-state index >= 15 is 0 Å². The average molecular weight is 213 g/mol. The van der Waals surface area contributed by atoms with Gasteiger partial charge in [-0.3, -0.25) is 9.59 Å². The summed E-state index contributed by atoms with van der Waals surface area (Å²) in [7, 11) is 0. The Morgan fingerprint density at radius 1 is 1.67 bits per heavy atom. The molecule has 1 heterocycles. The van der Waals surface area contributed by atoms with Gasteiger partial charge in [0, 0.05) is 19.4 Å². The van der Waals surface area contributed by atoms with Crippen molar-refractivity contribution in [1.82, 2.24) is 10.7 Å². The van der Waals surface area contributed by atoms with Crippen molar-refractivity contribution in [1.29, 1.82) is 0 Å². The van der Waals surface area contributed by atoms with Crippen LogP contribution in [-0.2, 0) is 9.59 Å². The van der Waals surface area contributed by atoms with Crippen LogP contribution in [0, 0.1) is 0 Å². The number of hydrogen-bond acceptors (Lipinski definition) is 4. The maximum absolute atomic E-state index is 11.4. The summed E-state index contributed by atoms with van der Waals surface area (Å²) in [6, 6.07) is 0. The SMILES string of the molecule is CCC(O)CNC(=O)C1=NNC(=O)CC1. The van der Waals surface area contributed by atoms with E-state index < -0.39 is 6.10 Å². The molecule has 0 radical (unpaired) electrons. The van der Waals surface area contributed by atoms with Crippen LogP contribution < -0.4 is 10.7 Å². The topological polar surface area (TPSA) is 90.8 Å². The highest BCUT2D eigenvalue weighted by atomic mass is 16.3. The second kappa shape index (κ2) is 5.45. The monoisotopic (exact) mass is 213 g/mol. The number of carbonyl (C=O) groups is 2. The first-order chi connectivity index (χ1) is 7.13. The third kappa shape index (κ3) is 3.67. The molecule has 0 aromatic carbocycles. The van der Waals surface area contributed by atoms with Crippen LogP contribution in [0.5, 0.6) is 0 Å². The molecule has 1 aliphatic rings. The fourth-order valence-electron chi connectivity index (χ4n) is 1.09. The van der Waals surface area contributed by atoms with Crippen LogP contribution in [-0.4, -0.2) is 35.3 Å². The van der Waals surface area contributed by atoms with Crippen molar-refractivity contribution < 1.29 is 14.7 Å². The maximum atomic E-state index is 11.4. The molecule has 0 saturated heterocycles. The van der Waals surface area contributed by atoms with Crippen LogP contribution in [0.2, 0.25) is 0 Å². The van der Waals surface area contributed by atoms with E-state index in [1.165, 1.54) is 0 Å². The summed E-state index contributed by atoms with van der Waals surface area (Å²) < 4.78 is 0. The van der Waals surface area contributed by atoms with Crippen LogP contribution in [0.3, 0.4) is 0 Å². The van der Waals surface area contributed by atoms with Crippen LogP contribution in [0.25, 0.3) is 0 Å². The van der Waals surface area contributed by atoms with E-state index in [0.29, 0.717) is 18.6 Å². The highest BCUT2D eigenvalue weighted by Crippen LogP contribution is 1.99. The number of nitrogens with zero attached hydrogens (tertiary/aromatic N) is 1. The molecule has 1 rings (SSSR count). The van der Waals surface area contributed by atoms with Gasteiger partial charge in [-0.1, -0.05) is 6.92 Å². The molecule has 3 N–H and O–H groups in total. The lowest BCUT2D eigenvalue weighted by Gasteiger charge is -2.13. The second-order valence-electron chi connectivity index (χ2n) is 3.37. The van der Waals surface area contributed by atoms with Gasteiger partial charge in [0.2, 0.25) is 5.91 Å². The van der Waals surface area contributed by atoms with Gasteiger partial charge in [0.15, 0.2) is 0 Å². The van der Waals surface area contributed by atoms with Gasteiger partial charge in [-0.15, -0.1) is 0 Å². The fourth-order valence-corrected chi connectivity index (χ4v) is 1.09. The minimum atomic E-state index is -0.535. The van der Waals surface area contributed by atoms with Gasteiger partial charge in [0.05, 0.1) is 6.10 Å². The fraction of sp³-hybridized carbons (Fsp3) is 0.667. The van der Waals surface area contributed by atoms with Crippen molar-refractivity contribution in [3.8, 4) is 0 Å². The largest absolute Gasteiger partial charge is 0.391 e. The molecular weight excluding hydrogens is 198 g/mol. The van der Waals surface area contributed by atoms with E-state index in [1.54, 1.807) is 0 Å². The Morgan fingerprint density at radius 3 is 2.93 bits per heavy atom. The Balaban J connectivity index is 2.37. The molecule has 2 amide bonds. The molecule has 0 saturated carbocycles. The smallest absolute Gasteiger partial charge is 0.267 e. The third-order valence-electron chi connectivity index (χ3n) is 2.14. The van der Waals surface area contributed by atoms with Crippen LogP contribution in [0.1, 0.15) is 26.2 Å². The van der Waals surface area contributed by atoms with Crippen LogP contribution in [0.4, 0.5) is 0 Å². The quantitative estimate of drug-likeness (QED) is 0.567. The summed E-state index contributed by atoms with van der Waals surface area (Å²) >= 11 is 0. The van der Waals surface area contributed by atoms with Crippen molar-refractivity contribution in [3.63, 3.8) is 0 Å². The second-order valence-corrected chi connectivity index (χ2v) is 3.37.